The van der Waals surface area contributed by atoms with Gasteiger partial charge in [0.25, 0.3) is 5.91 Å². The predicted molar refractivity (Wildman–Crippen MR) is 72.9 cm³/mol. The number of nitrogens with zero attached hydrogens (tertiary/aromatic N) is 2. The van der Waals surface area contributed by atoms with E-state index in [9.17, 15) is 14.7 Å². The van der Waals surface area contributed by atoms with Gasteiger partial charge >= 0.3 is 0 Å². The van der Waals surface area contributed by atoms with Gasteiger partial charge < -0.3 is 15.3 Å². The number of aliphatic hydroxyl groups is 1. The Morgan fingerprint density at radius 1 is 1.45 bits per heavy atom. The number of nitrogens with one attached hydrogen (secondary N) is 1. The van der Waals surface area contributed by atoms with Crippen LogP contribution in [0.25, 0.3) is 0 Å². The first-order chi connectivity index (χ1) is 9.56. The fraction of sp³-hybridized carbons (Fsp3) is 0.500. The summed E-state index contributed by atoms with van der Waals surface area (Å²) in [5, 5.41) is 12.1. The molecule has 0 radical (unpaired) electrons. The molecule has 108 valence electrons. The van der Waals surface area contributed by atoms with Gasteiger partial charge in [0, 0.05) is 31.8 Å². The number of amides is 2. The number of likely N-dealkylation sites (tertiary alicyclic amines) is 1. The topological polar surface area (TPSA) is 82.5 Å². The molecule has 0 saturated carbocycles. The standard InChI is InChI=1S/C14H19N3O3/c1-10(18)16-9-12-8-11(2-5-15-12)14(20)17-6-3-13(19)4-7-17/h2,5,8,13,19H,3-4,6-7,9H2,1H3,(H,16,18). The fourth-order valence-corrected chi connectivity index (χ4v) is 2.17. The van der Waals surface area contributed by atoms with Gasteiger partial charge in [0.1, 0.15) is 0 Å². The van der Waals surface area contributed by atoms with Gasteiger partial charge in [-0.1, -0.05) is 0 Å². The number of carbonyl (C=O) groups excluding carboxylic acids is 2. The zero-order chi connectivity index (χ0) is 14.5. The molecule has 0 aromatic carbocycles. The zero-order valence-corrected chi connectivity index (χ0v) is 11.5. The summed E-state index contributed by atoms with van der Waals surface area (Å²) in [5.41, 5.74) is 1.22. The lowest BCUT2D eigenvalue weighted by atomic mass is 10.1. The molecule has 1 aliphatic heterocycles. The highest BCUT2D eigenvalue weighted by Gasteiger charge is 2.22. The van der Waals surface area contributed by atoms with E-state index < -0.39 is 0 Å². The number of rotatable bonds is 3. The second-order valence-corrected chi connectivity index (χ2v) is 4.97. The van der Waals surface area contributed by atoms with Crippen molar-refractivity contribution in [1.29, 1.82) is 0 Å². The van der Waals surface area contributed by atoms with E-state index in [-0.39, 0.29) is 17.9 Å². The van der Waals surface area contributed by atoms with Gasteiger partial charge in [0.05, 0.1) is 18.3 Å². The van der Waals surface area contributed by atoms with Gasteiger partial charge in [-0.2, -0.15) is 0 Å². The minimum absolute atomic E-state index is 0.0524. The van der Waals surface area contributed by atoms with E-state index in [1.807, 2.05) is 0 Å². The molecule has 1 aliphatic rings. The van der Waals surface area contributed by atoms with Crippen LogP contribution in [-0.4, -0.2) is 46.0 Å². The minimum Gasteiger partial charge on any atom is -0.393 e. The molecule has 0 unspecified atom stereocenters. The monoisotopic (exact) mass is 277 g/mol. The Labute approximate surface area is 117 Å². The van der Waals surface area contributed by atoms with E-state index in [0.717, 1.165) is 0 Å². The number of hydrogen-bond acceptors (Lipinski definition) is 4. The molecule has 2 heterocycles. The van der Waals surface area contributed by atoms with E-state index in [4.69, 9.17) is 0 Å². The second-order valence-electron chi connectivity index (χ2n) is 4.97. The van der Waals surface area contributed by atoms with Crippen LogP contribution in [0.3, 0.4) is 0 Å². The molecule has 0 spiro atoms. The van der Waals surface area contributed by atoms with Gasteiger partial charge in [-0.25, -0.2) is 0 Å². The van der Waals surface area contributed by atoms with Gasteiger partial charge in [-0.15, -0.1) is 0 Å². The van der Waals surface area contributed by atoms with E-state index >= 15 is 0 Å². The highest BCUT2D eigenvalue weighted by atomic mass is 16.3. The summed E-state index contributed by atoms with van der Waals surface area (Å²) in [4.78, 5) is 29.1. The maximum atomic E-state index is 12.3. The fourth-order valence-electron chi connectivity index (χ4n) is 2.17. The van der Waals surface area contributed by atoms with Crippen molar-refractivity contribution in [3.8, 4) is 0 Å². The summed E-state index contributed by atoms with van der Waals surface area (Å²) in [7, 11) is 0. The predicted octanol–water partition coefficient (Wildman–Crippen LogP) is 0.315. The van der Waals surface area contributed by atoms with Gasteiger partial charge in [-0.3, -0.25) is 14.6 Å². The van der Waals surface area contributed by atoms with Gasteiger partial charge in [0.15, 0.2) is 0 Å². The third kappa shape index (κ3) is 3.77. The average molecular weight is 277 g/mol. The van der Waals surface area contributed by atoms with E-state index in [2.05, 4.69) is 10.3 Å². The molecule has 0 aliphatic carbocycles. The molecule has 6 nitrogen and oxygen atoms in total. The molecule has 20 heavy (non-hydrogen) atoms. The Morgan fingerprint density at radius 3 is 2.80 bits per heavy atom. The molecule has 2 N–H and O–H groups in total. The van der Waals surface area contributed by atoms with E-state index in [1.165, 1.54) is 6.92 Å². The second kappa shape index (κ2) is 6.47. The van der Waals surface area contributed by atoms with E-state index in [0.29, 0.717) is 43.7 Å². The van der Waals surface area contributed by atoms with Crippen molar-refractivity contribution in [2.24, 2.45) is 0 Å². The van der Waals surface area contributed by atoms with Crippen LogP contribution in [-0.2, 0) is 11.3 Å². The Bertz CT molecular complexity index is 496. The Hall–Kier alpha value is -1.95. The molecule has 2 rings (SSSR count). The molecule has 0 bridgehead atoms. The van der Waals surface area contributed by atoms with Crippen LogP contribution in [0.1, 0.15) is 35.8 Å². The van der Waals surface area contributed by atoms with Crippen molar-refractivity contribution in [3.63, 3.8) is 0 Å². The highest BCUT2D eigenvalue weighted by Crippen LogP contribution is 2.14. The van der Waals surface area contributed by atoms with Crippen LogP contribution in [0.2, 0.25) is 0 Å². The zero-order valence-electron chi connectivity index (χ0n) is 11.5. The normalized spacial score (nSPS) is 16.0. The number of carbonyl (C=O) groups is 2. The molecular weight excluding hydrogens is 258 g/mol. The summed E-state index contributed by atoms with van der Waals surface area (Å²) in [5.74, 6) is -0.183. The molecule has 2 amide bonds. The summed E-state index contributed by atoms with van der Waals surface area (Å²) in [6, 6.07) is 3.37. The summed E-state index contributed by atoms with van der Waals surface area (Å²) < 4.78 is 0. The lowest BCUT2D eigenvalue weighted by Gasteiger charge is -2.29. The van der Waals surface area contributed by atoms with Crippen LogP contribution >= 0.6 is 0 Å². The van der Waals surface area contributed by atoms with Crippen LogP contribution in [0.5, 0.6) is 0 Å². The lowest BCUT2D eigenvalue weighted by Crippen LogP contribution is -2.40. The number of aromatic nitrogens is 1. The molecular formula is C14H19N3O3. The van der Waals surface area contributed by atoms with Crippen LogP contribution < -0.4 is 5.32 Å². The van der Waals surface area contributed by atoms with Crippen LogP contribution in [0.4, 0.5) is 0 Å². The van der Waals surface area contributed by atoms with E-state index in [1.54, 1.807) is 23.2 Å². The molecule has 1 aromatic rings. The average Bonchev–Trinajstić information content (AvgIpc) is 2.45. The molecule has 0 atom stereocenters. The van der Waals surface area contributed by atoms with Crippen molar-refractivity contribution < 1.29 is 14.7 Å². The Morgan fingerprint density at radius 2 is 2.15 bits per heavy atom. The highest BCUT2D eigenvalue weighted by molar-refractivity contribution is 5.94. The first kappa shape index (κ1) is 14.5. The SMILES string of the molecule is CC(=O)NCc1cc(C(=O)N2CCC(O)CC2)ccn1. The van der Waals surface area contributed by atoms with Crippen molar-refractivity contribution in [3.05, 3.63) is 29.6 Å². The third-order valence-electron chi connectivity index (χ3n) is 3.33. The number of hydrogen-bond donors (Lipinski definition) is 2. The van der Waals surface area contributed by atoms with Gasteiger partial charge in [0.2, 0.25) is 5.91 Å². The summed E-state index contributed by atoms with van der Waals surface area (Å²) in [6.45, 7) is 2.90. The van der Waals surface area contributed by atoms with Crippen LogP contribution in [0, 0.1) is 0 Å². The van der Waals surface area contributed by atoms with Crippen molar-refractivity contribution >= 4 is 11.8 Å². The first-order valence-corrected chi connectivity index (χ1v) is 6.73. The van der Waals surface area contributed by atoms with Gasteiger partial charge in [-0.05, 0) is 25.0 Å². The van der Waals surface area contributed by atoms with Crippen molar-refractivity contribution in [2.45, 2.75) is 32.4 Å². The quantitative estimate of drug-likeness (QED) is 0.833. The summed E-state index contributed by atoms with van der Waals surface area (Å²) >= 11 is 0. The number of aliphatic hydroxyl groups excluding tert-OH is 1. The lowest BCUT2D eigenvalue weighted by molar-refractivity contribution is -0.119. The largest absolute Gasteiger partial charge is 0.393 e. The molecule has 1 fully saturated rings. The maximum absolute atomic E-state index is 12.3. The molecule has 1 saturated heterocycles. The summed E-state index contributed by atoms with van der Waals surface area (Å²) in [6.07, 6.45) is 2.51. The maximum Gasteiger partial charge on any atom is 0.253 e. The van der Waals surface area contributed by atoms with Crippen molar-refractivity contribution in [1.82, 2.24) is 15.2 Å². The number of piperidine rings is 1. The molecule has 1 aromatic heterocycles. The minimum atomic E-state index is -0.299. The smallest absolute Gasteiger partial charge is 0.253 e. The Balaban J connectivity index is 2.02. The van der Waals surface area contributed by atoms with Crippen molar-refractivity contribution in [2.75, 3.05) is 13.1 Å². The Kier molecular flexibility index (Phi) is 4.68. The first-order valence-electron chi connectivity index (χ1n) is 6.73. The molecule has 6 heteroatoms. The van der Waals surface area contributed by atoms with Crippen LogP contribution in [0.15, 0.2) is 18.3 Å². The third-order valence-corrected chi connectivity index (χ3v) is 3.33. The number of pyridine rings is 1.